The number of halogens is 3. The van der Waals surface area contributed by atoms with Crippen LogP contribution in [0.2, 0.25) is 0 Å². The van der Waals surface area contributed by atoms with Crippen molar-refractivity contribution in [3.63, 3.8) is 0 Å². The minimum Gasteiger partial charge on any atom is -0.465 e. The third-order valence-corrected chi connectivity index (χ3v) is 1.66. The zero-order valence-electron chi connectivity index (χ0n) is 7.51. The molecule has 0 aliphatic carbocycles. The SMILES string of the molecule is COC(=O)c1c(C(F)(F)F)cc[nH]c1=O. The summed E-state index contributed by atoms with van der Waals surface area (Å²) in [5, 5.41) is 0. The maximum absolute atomic E-state index is 12.4. The van der Waals surface area contributed by atoms with Crippen molar-refractivity contribution >= 4 is 5.97 Å². The molecule has 0 amide bonds. The maximum atomic E-state index is 12.4. The molecular weight excluding hydrogens is 215 g/mol. The van der Waals surface area contributed by atoms with E-state index in [1.807, 2.05) is 4.98 Å². The highest BCUT2D eigenvalue weighted by molar-refractivity contribution is 5.90. The summed E-state index contributed by atoms with van der Waals surface area (Å²) in [7, 11) is 0.898. The number of aromatic nitrogens is 1. The van der Waals surface area contributed by atoms with E-state index in [1.165, 1.54) is 0 Å². The molecule has 1 aromatic rings. The highest BCUT2D eigenvalue weighted by atomic mass is 19.4. The van der Waals surface area contributed by atoms with Crippen LogP contribution in [0.25, 0.3) is 0 Å². The lowest BCUT2D eigenvalue weighted by atomic mass is 10.1. The normalized spacial score (nSPS) is 11.2. The molecular formula is C8H6F3NO3. The van der Waals surface area contributed by atoms with E-state index in [4.69, 9.17) is 0 Å². The molecule has 0 radical (unpaired) electrons. The molecule has 82 valence electrons. The average Bonchev–Trinajstić information content (AvgIpc) is 2.15. The highest BCUT2D eigenvalue weighted by Gasteiger charge is 2.37. The van der Waals surface area contributed by atoms with Crippen LogP contribution in [0.3, 0.4) is 0 Å². The molecule has 0 spiro atoms. The van der Waals surface area contributed by atoms with Gasteiger partial charge in [0.1, 0.15) is 5.56 Å². The van der Waals surface area contributed by atoms with Crippen LogP contribution < -0.4 is 5.56 Å². The number of hydrogen-bond donors (Lipinski definition) is 1. The summed E-state index contributed by atoms with van der Waals surface area (Å²) < 4.78 is 41.2. The van der Waals surface area contributed by atoms with E-state index in [0.717, 1.165) is 13.3 Å². The van der Waals surface area contributed by atoms with Gasteiger partial charge in [-0.25, -0.2) is 4.79 Å². The van der Waals surface area contributed by atoms with Crippen molar-refractivity contribution in [2.24, 2.45) is 0 Å². The minimum absolute atomic E-state index is 0.605. The fraction of sp³-hybridized carbons (Fsp3) is 0.250. The number of pyridine rings is 1. The molecule has 7 heteroatoms. The number of rotatable bonds is 1. The molecule has 0 unspecified atom stereocenters. The van der Waals surface area contributed by atoms with E-state index in [0.29, 0.717) is 6.07 Å². The second-order valence-corrected chi connectivity index (χ2v) is 2.58. The van der Waals surface area contributed by atoms with Crippen LogP contribution in [0.15, 0.2) is 17.1 Å². The van der Waals surface area contributed by atoms with E-state index in [9.17, 15) is 22.8 Å². The van der Waals surface area contributed by atoms with Crippen molar-refractivity contribution in [2.75, 3.05) is 7.11 Å². The van der Waals surface area contributed by atoms with Crippen LogP contribution >= 0.6 is 0 Å². The van der Waals surface area contributed by atoms with Gasteiger partial charge in [0.05, 0.1) is 12.7 Å². The Morgan fingerprint density at radius 2 is 2.07 bits per heavy atom. The first-order chi connectivity index (χ1) is 6.88. The molecule has 0 fully saturated rings. The number of carbonyl (C=O) groups excluding carboxylic acids is 1. The van der Waals surface area contributed by atoms with Gasteiger partial charge in [0.25, 0.3) is 5.56 Å². The molecule has 0 aliphatic rings. The van der Waals surface area contributed by atoms with Gasteiger partial charge in [-0.3, -0.25) is 4.79 Å². The molecule has 0 aromatic carbocycles. The zero-order valence-corrected chi connectivity index (χ0v) is 7.51. The first-order valence-electron chi connectivity index (χ1n) is 3.75. The molecule has 0 saturated carbocycles. The van der Waals surface area contributed by atoms with Crippen LogP contribution in [0.5, 0.6) is 0 Å². The lowest BCUT2D eigenvalue weighted by Gasteiger charge is -2.09. The van der Waals surface area contributed by atoms with E-state index < -0.39 is 28.8 Å². The van der Waals surface area contributed by atoms with E-state index in [1.54, 1.807) is 0 Å². The lowest BCUT2D eigenvalue weighted by Crippen LogP contribution is -2.25. The van der Waals surface area contributed by atoms with Crippen LogP contribution in [0.4, 0.5) is 13.2 Å². The fourth-order valence-corrected chi connectivity index (χ4v) is 1.02. The van der Waals surface area contributed by atoms with Crippen LogP contribution in [0, 0.1) is 0 Å². The quantitative estimate of drug-likeness (QED) is 0.724. The summed E-state index contributed by atoms with van der Waals surface area (Å²) in [6.45, 7) is 0. The molecule has 0 saturated heterocycles. The van der Waals surface area contributed by atoms with Crippen LogP contribution in [-0.4, -0.2) is 18.1 Å². The second-order valence-electron chi connectivity index (χ2n) is 2.58. The number of esters is 1. The molecule has 1 N–H and O–H groups in total. The van der Waals surface area contributed by atoms with Crippen molar-refractivity contribution in [1.82, 2.24) is 4.98 Å². The molecule has 1 rings (SSSR count). The smallest absolute Gasteiger partial charge is 0.417 e. The Kier molecular flexibility index (Phi) is 2.83. The van der Waals surface area contributed by atoms with Gasteiger partial charge in [-0.1, -0.05) is 0 Å². The van der Waals surface area contributed by atoms with Gasteiger partial charge in [0.2, 0.25) is 0 Å². The summed E-state index contributed by atoms with van der Waals surface area (Å²) >= 11 is 0. The van der Waals surface area contributed by atoms with Gasteiger partial charge in [-0.15, -0.1) is 0 Å². The van der Waals surface area contributed by atoms with Gasteiger partial charge in [0, 0.05) is 6.20 Å². The van der Waals surface area contributed by atoms with Crippen molar-refractivity contribution in [2.45, 2.75) is 6.18 Å². The molecule has 0 bridgehead atoms. The predicted molar refractivity (Wildman–Crippen MR) is 43.4 cm³/mol. The van der Waals surface area contributed by atoms with Crippen LogP contribution in [-0.2, 0) is 10.9 Å². The molecule has 4 nitrogen and oxygen atoms in total. The third kappa shape index (κ3) is 2.17. The number of aromatic amines is 1. The van der Waals surface area contributed by atoms with Gasteiger partial charge in [0.15, 0.2) is 0 Å². The number of methoxy groups -OCH3 is 1. The zero-order chi connectivity index (χ0) is 11.6. The number of hydrogen-bond acceptors (Lipinski definition) is 3. The lowest BCUT2D eigenvalue weighted by molar-refractivity contribution is -0.138. The summed E-state index contributed by atoms with van der Waals surface area (Å²) in [4.78, 5) is 24.0. The molecule has 0 aliphatic heterocycles. The average molecular weight is 221 g/mol. The first kappa shape index (κ1) is 11.3. The van der Waals surface area contributed by atoms with Gasteiger partial charge >= 0.3 is 12.1 Å². The Labute approximate surface area is 81.7 Å². The summed E-state index contributed by atoms with van der Waals surface area (Å²) in [5.74, 6) is -1.32. The van der Waals surface area contributed by atoms with Crippen molar-refractivity contribution < 1.29 is 22.7 Å². The molecule has 0 atom stereocenters. The number of nitrogens with one attached hydrogen (secondary N) is 1. The van der Waals surface area contributed by atoms with Crippen molar-refractivity contribution in [3.8, 4) is 0 Å². The monoisotopic (exact) mass is 221 g/mol. The Hall–Kier alpha value is -1.79. The van der Waals surface area contributed by atoms with Gasteiger partial charge in [-0.05, 0) is 6.07 Å². The maximum Gasteiger partial charge on any atom is 0.417 e. The number of alkyl halides is 3. The Morgan fingerprint density at radius 3 is 2.53 bits per heavy atom. The number of ether oxygens (including phenoxy) is 1. The summed E-state index contributed by atoms with van der Waals surface area (Å²) in [6.07, 6.45) is -3.95. The molecule has 1 aromatic heterocycles. The van der Waals surface area contributed by atoms with Crippen molar-refractivity contribution in [1.29, 1.82) is 0 Å². The highest BCUT2D eigenvalue weighted by Crippen LogP contribution is 2.30. The Morgan fingerprint density at radius 1 is 1.47 bits per heavy atom. The minimum atomic E-state index is -4.77. The van der Waals surface area contributed by atoms with E-state index in [-0.39, 0.29) is 0 Å². The topological polar surface area (TPSA) is 59.2 Å². The molecule has 15 heavy (non-hydrogen) atoms. The van der Waals surface area contributed by atoms with E-state index in [2.05, 4.69) is 4.74 Å². The third-order valence-electron chi connectivity index (χ3n) is 1.66. The Balaban J connectivity index is 3.47. The summed E-state index contributed by atoms with van der Waals surface area (Å²) in [5.41, 5.74) is -3.47. The largest absolute Gasteiger partial charge is 0.465 e. The fourth-order valence-electron chi connectivity index (χ4n) is 1.02. The molecule has 1 heterocycles. The van der Waals surface area contributed by atoms with Gasteiger partial charge < -0.3 is 9.72 Å². The number of carbonyl (C=O) groups is 1. The number of H-pyrrole nitrogens is 1. The van der Waals surface area contributed by atoms with Crippen LogP contribution in [0.1, 0.15) is 15.9 Å². The Bertz CT molecular complexity index is 435. The van der Waals surface area contributed by atoms with Crippen molar-refractivity contribution in [3.05, 3.63) is 33.7 Å². The first-order valence-corrected chi connectivity index (χ1v) is 3.75. The standard InChI is InChI=1S/C8H6F3NO3/c1-15-7(14)5-4(8(9,10)11)2-3-12-6(5)13/h2-3H,1H3,(H,12,13). The predicted octanol–water partition coefficient (Wildman–Crippen LogP) is 1.18. The second kappa shape index (κ2) is 3.76. The van der Waals surface area contributed by atoms with E-state index >= 15 is 0 Å². The van der Waals surface area contributed by atoms with Gasteiger partial charge in [-0.2, -0.15) is 13.2 Å². The summed E-state index contributed by atoms with van der Waals surface area (Å²) in [6, 6.07) is 0.605.